The monoisotopic (exact) mass is 462 g/mol. The van der Waals surface area contributed by atoms with Gasteiger partial charge < -0.3 is 14.6 Å². The van der Waals surface area contributed by atoms with E-state index in [-0.39, 0.29) is 18.3 Å². The molecule has 0 aliphatic heterocycles. The molecule has 0 unspecified atom stereocenters. The van der Waals surface area contributed by atoms with Crippen LogP contribution < -0.4 is 5.32 Å². The lowest BCUT2D eigenvalue weighted by Crippen LogP contribution is -2.16. The molecule has 158 valence electrons. The first-order chi connectivity index (χ1) is 14.6. The van der Waals surface area contributed by atoms with Crippen LogP contribution in [0.5, 0.6) is 0 Å². The van der Waals surface area contributed by atoms with Crippen molar-refractivity contribution in [3.05, 3.63) is 34.3 Å². The zero-order chi connectivity index (χ0) is 21.1. The van der Waals surface area contributed by atoms with Crippen molar-refractivity contribution in [3.63, 3.8) is 0 Å². The average molecular weight is 463 g/mol. The van der Waals surface area contributed by atoms with Gasteiger partial charge in [0.25, 0.3) is 0 Å². The summed E-state index contributed by atoms with van der Waals surface area (Å²) < 4.78 is 7.32. The molecular formula is C20H22N4O3S3. The number of nitrogens with zero attached hydrogens (tertiary/aromatic N) is 3. The highest BCUT2D eigenvalue weighted by molar-refractivity contribution is 7.99. The molecule has 1 saturated carbocycles. The molecule has 30 heavy (non-hydrogen) atoms. The summed E-state index contributed by atoms with van der Waals surface area (Å²) in [6, 6.07) is 3.88. The fourth-order valence-corrected chi connectivity index (χ4v) is 5.71. The quantitative estimate of drug-likeness (QED) is 0.361. The Bertz CT molecular complexity index is 1040. The van der Waals surface area contributed by atoms with Crippen molar-refractivity contribution in [2.45, 2.75) is 44.3 Å². The highest BCUT2D eigenvalue weighted by Crippen LogP contribution is 2.40. The summed E-state index contributed by atoms with van der Waals surface area (Å²) in [7, 11) is 0. The third-order valence-corrected chi connectivity index (χ3v) is 7.41. The number of hydrogen-bond acceptors (Lipinski definition) is 8. The molecule has 0 aromatic carbocycles. The number of anilines is 1. The van der Waals surface area contributed by atoms with Crippen LogP contribution in [0.15, 0.2) is 28.0 Å². The standard InChI is InChI=1S/C20H22N4O3S3/c1-3-24-17(12-7-8-12)22-23-20(24)30-11-15(25)21-18-16(19(26)27-4-2)13(10-29-18)14-6-5-9-28-14/h5-6,9-10,12H,3-4,7-8,11H2,1-2H3,(H,21,25). The van der Waals surface area contributed by atoms with E-state index in [1.807, 2.05) is 22.9 Å². The van der Waals surface area contributed by atoms with E-state index in [1.165, 1.54) is 23.1 Å². The Morgan fingerprint density at radius 2 is 2.13 bits per heavy atom. The molecule has 1 N–H and O–H groups in total. The van der Waals surface area contributed by atoms with E-state index in [4.69, 9.17) is 4.74 Å². The normalized spacial score (nSPS) is 13.4. The summed E-state index contributed by atoms with van der Waals surface area (Å²) in [6.45, 7) is 4.88. The highest BCUT2D eigenvalue weighted by atomic mass is 32.2. The zero-order valence-corrected chi connectivity index (χ0v) is 19.2. The van der Waals surface area contributed by atoms with Crippen molar-refractivity contribution in [2.24, 2.45) is 0 Å². The van der Waals surface area contributed by atoms with E-state index in [1.54, 1.807) is 18.3 Å². The molecule has 3 aromatic heterocycles. The molecule has 4 rings (SSSR count). The fraction of sp³-hybridized carbons (Fsp3) is 0.400. The van der Waals surface area contributed by atoms with Crippen molar-refractivity contribution in [1.82, 2.24) is 14.8 Å². The van der Waals surface area contributed by atoms with Crippen LogP contribution in [0, 0.1) is 0 Å². The number of ether oxygens (including phenoxy) is 1. The number of nitrogens with one attached hydrogen (secondary N) is 1. The van der Waals surface area contributed by atoms with Gasteiger partial charge >= 0.3 is 5.97 Å². The zero-order valence-electron chi connectivity index (χ0n) is 16.7. The third-order valence-electron chi connectivity index (χ3n) is 4.65. The Labute approximate surface area is 186 Å². The van der Waals surface area contributed by atoms with Crippen molar-refractivity contribution in [3.8, 4) is 10.4 Å². The molecule has 10 heteroatoms. The van der Waals surface area contributed by atoms with Gasteiger partial charge in [0.05, 0.1) is 12.4 Å². The van der Waals surface area contributed by atoms with Crippen LogP contribution in [0.3, 0.4) is 0 Å². The smallest absolute Gasteiger partial charge is 0.341 e. The first-order valence-electron chi connectivity index (χ1n) is 9.80. The number of thioether (sulfide) groups is 1. The second kappa shape index (κ2) is 9.32. The van der Waals surface area contributed by atoms with E-state index in [9.17, 15) is 9.59 Å². The molecule has 1 amide bonds. The van der Waals surface area contributed by atoms with Crippen molar-refractivity contribution in [2.75, 3.05) is 17.7 Å². The number of rotatable bonds is 9. The Kier molecular flexibility index (Phi) is 6.55. The lowest BCUT2D eigenvalue weighted by molar-refractivity contribution is -0.113. The molecule has 3 aromatic rings. The largest absolute Gasteiger partial charge is 0.462 e. The number of esters is 1. The number of aromatic nitrogens is 3. The highest BCUT2D eigenvalue weighted by Gasteiger charge is 2.30. The van der Waals surface area contributed by atoms with Crippen LogP contribution in [0.4, 0.5) is 5.00 Å². The Balaban J connectivity index is 1.47. The van der Waals surface area contributed by atoms with Gasteiger partial charge in [-0.2, -0.15) is 0 Å². The minimum absolute atomic E-state index is 0.191. The van der Waals surface area contributed by atoms with E-state index >= 15 is 0 Å². The molecule has 0 spiro atoms. The van der Waals surface area contributed by atoms with Gasteiger partial charge in [-0.3, -0.25) is 4.79 Å². The maximum atomic E-state index is 12.6. The summed E-state index contributed by atoms with van der Waals surface area (Å²) in [4.78, 5) is 26.2. The molecule has 0 radical (unpaired) electrons. The van der Waals surface area contributed by atoms with Crippen LogP contribution in [-0.4, -0.2) is 39.0 Å². The summed E-state index contributed by atoms with van der Waals surface area (Å²) in [6.07, 6.45) is 2.32. The Hall–Kier alpha value is -2.17. The summed E-state index contributed by atoms with van der Waals surface area (Å²) >= 11 is 4.24. The molecule has 0 atom stereocenters. The molecule has 1 fully saturated rings. The van der Waals surface area contributed by atoms with Gasteiger partial charge in [0.1, 0.15) is 16.4 Å². The molecule has 1 aliphatic rings. The predicted octanol–water partition coefficient (Wildman–Crippen LogP) is 4.87. The number of carbonyl (C=O) groups excluding carboxylic acids is 2. The fourth-order valence-electron chi connectivity index (χ4n) is 3.11. The Morgan fingerprint density at radius 1 is 1.30 bits per heavy atom. The molecule has 3 heterocycles. The third kappa shape index (κ3) is 4.45. The van der Waals surface area contributed by atoms with Gasteiger partial charge in [-0.25, -0.2) is 4.79 Å². The van der Waals surface area contributed by atoms with Gasteiger partial charge in [0.2, 0.25) is 5.91 Å². The summed E-state index contributed by atoms with van der Waals surface area (Å²) in [5.41, 5.74) is 1.20. The van der Waals surface area contributed by atoms with Gasteiger partial charge in [0, 0.05) is 28.3 Å². The maximum Gasteiger partial charge on any atom is 0.341 e. The van der Waals surface area contributed by atoms with Crippen LogP contribution in [0.1, 0.15) is 48.8 Å². The first-order valence-corrected chi connectivity index (χ1v) is 12.5. The number of thiophene rings is 2. The summed E-state index contributed by atoms with van der Waals surface area (Å²) in [5, 5.41) is 16.6. The van der Waals surface area contributed by atoms with Crippen molar-refractivity contribution < 1.29 is 14.3 Å². The molecule has 0 bridgehead atoms. The number of carbonyl (C=O) groups is 2. The van der Waals surface area contributed by atoms with Crippen LogP contribution in [0.2, 0.25) is 0 Å². The van der Waals surface area contributed by atoms with Gasteiger partial charge in [0.15, 0.2) is 5.16 Å². The van der Waals surface area contributed by atoms with Gasteiger partial charge in [-0.05, 0) is 38.1 Å². The number of amides is 1. The Morgan fingerprint density at radius 3 is 2.80 bits per heavy atom. The molecule has 0 saturated heterocycles. The first kappa shape index (κ1) is 21.1. The van der Waals surface area contributed by atoms with Gasteiger partial charge in [-0.1, -0.05) is 17.8 Å². The predicted molar refractivity (Wildman–Crippen MR) is 121 cm³/mol. The van der Waals surface area contributed by atoms with E-state index in [0.717, 1.165) is 40.8 Å². The van der Waals surface area contributed by atoms with Crippen LogP contribution >= 0.6 is 34.4 Å². The SMILES string of the molecule is CCOC(=O)c1c(-c2cccs2)csc1NC(=O)CSc1nnc(C2CC2)n1CC. The lowest BCUT2D eigenvalue weighted by atomic mass is 10.1. The lowest BCUT2D eigenvalue weighted by Gasteiger charge is -2.09. The minimum Gasteiger partial charge on any atom is -0.462 e. The molecule has 1 aliphatic carbocycles. The van der Waals surface area contributed by atoms with E-state index in [2.05, 4.69) is 27.0 Å². The second-order valence-corrected chi connectivity index (χ2v) is 9.52. The van der Waals surface area contributed by atoms with Crippen molar-refractivity contribution >= 4 is 51.3 Å². The minimum atomic E-state index is -0.426. The topological polar surface area (TPSA) is 86.1 Å². The van der Waals surface area contributed by atoms with E-state index < -0.39 is 5.97 Å². The molecular weight excluding hydrogens is 440 g/mol. The van der Waals surface area contributed by atoms with E-state index in [0.29, 0.717) is 16.5 Å². The average Bonchev–Trinajstić information content (AvgIpc) is 3.14. The molecule has 7 nitrogen and oxygen atoms in total. The van der Waals surface area contributed by atoms with Gasteiger partial charge in [-0.15, -0.1) is 32.9 Å². The van der Waals surface area contributed by atoms with Crippen LogP contribution in [0.25, 0.3) is 10.4 Å². The maximum absolute atomic E-state index is 12.6. The van der Waals surface area contributed by atoms with Crippen LogP contribution in [-0.2, 0) is 16.1 Å². The number of hydrogen-bond donors (Lipinski definition) is 1. The second-order valence-electron chi connectivity index (χ2n) is 6.75. The van der Waals surface area contributed by atoms with Crippen molar-refractivity contribution in [1.29, 1.82) is 0 Å². The summed E-state index contributed by atoms with van der Waals surface area (Å²) in [5.74, 6) is 1.10.